The van der Waals surface area contributed by atoms with Crippen LogP contribution in [0, 0.1) is 0 Å². The van der Waals surface area contributed by atoms with E-state index in [0.29, 0.717) is 0 Å². The Morgan fingerprint density at radius 3 is 2.10 bits per heavy atom. The third kappa shape index (κ3) is 8.29. The second-order valence-corrected chi connectivity index (χ2v) is 6.80. The fraction of sp³-hybridized carbons (Fsp3) is 1.00. The molecule has 1 atom stereocenters. The molecule has 0 amide bonds. The Bertz CT molecular complexity index is 202. The standard InChI is InChI=1S/C19H39N/c1-3-5-7-8-9-10-11-13-17-20-18-14-12-16-19(20)15-6-4-2/h19H,3-18H2,1-2H3. The molecule has 0 aromatic carbocycles. The van der Waals surface area contributed by atoms with Crippen molar-refractivity contribution in [2.45, 2.75) is 110 Å². The van der Waals surface area contributed by atoms with Gasteiger partial charge >= 0.3 is 0 Å². The SMILES string of the molecule is CCCCCCCCCCN1CCCCC1CCCC. The molecule has 0 spiro atoms. The fourth-order valence-electron chi connectivity index (χ4n) is 3.57. The van der Waals surface area contributed by atoms with Crippen LogP contribution in [0.15, 0.2) is 0 Å². The zero-order valence-corrected chi connectivity index (χ0v) is 14.3. The minimum Gasteiger partial charge on any atom is -0.300 e. The molecular formula is C19H39N. The van der Waals surface area contributed by atoms with Crippen LogP contribution in [0.2, 0.25) is 0 Å². The lowest BCUT2D eigenvalue weighted by Gasteiger charge is -2.36. The number of hydrogen-bond donors (Lipinski definition) is 0. The van der Waals surface area contributed by atoms with Gasteiger partial charge in [0.25, 0.3) is 0 Å². The van der Waals surface area contributed by atoms with Crippen molar-refractivity contribution in [1.82, 2.24) is 4.90 Å². The Kier molecular flexibility index (Phi) is 11.4. The molecule has 0 bridgehead atoms. The van der Waals surface area contributed by atoms with Crippen LogP contribution in [0.5, 0.6) is 0 Å². The van der Waals surface area contributed by atoms with E-state index in [1.165, 1.54) is 103 Å². The highest BCUT2D eigenvalue weighted by atomic mass is 15.2. The van der Waals surface area contributed by atoms with Crippen LogP contribution < -0.4 is 0 Å². The summed E-state index contributed by atoms with van der Waals surface area (Å²) < 4.78 is 0. The molecule has 1 nitrogen and oxygen atoms in total. The third-order valence-corrected chi connectivity index (χ3v) is 4.94. The predicted octanol–water partition coefficient (Wildman–Crippen LogP) is 6.17. The maximum atomic E-state index is 2.82. The van der Waals surface area contributed by atoms with Crippen molar-refractivity contribution in [3.05, 3.63) is 0 Å². The van der Waals surface area contributed by atoms with Crippen LogP contribution in [0.4, 0.5) is 0 Å². The van der Waals surface area contributed by atoms with E-state index in [2.05, 4.69) is 18.7 Å². The van der Waals surface area contributed by atoms with Gasteiger partial charge in [0.2, 0.25) is 0 Å². The molecule has 0 radical (unpaired) electrons. The van der Waals surface area contributed by atoms with E-state index in [9.17, 15) is 0 Å². The smallest absolute Gasteiger partial charge is 0.00952 e. The van der Waals surface area contributed by atoms with Gasteiger partial charge in [0, 0.05) is 6.04 Å². The van der Waals surface area contributed by atoms with Gasteiger partial charge in [0.05, 0.1) is 0 Å². The second kappa shape index (κ2) is 12.7. The molecule has 0 aromatic heterocycles. The van der Waals surface area contributed by atoms with E-state index in [1.807, 2.05) is 0 Å². The molecular weight excluding hydrogens is 242 g/mol. The number of nitrogens with zero attached hydrogens (tertiary/aromatic N) is 1. The Hall–Kier alpha value is -0.0400. The molecule has 120 valence electrons. The summed E-state index contributed by atoms with van der Waals surface area (Å²) >= 11 is 0. The molecule has 1 aliphatic rings. The number of unbranched alkanes of at least 4 members (excludes halogenated alkanes) is 8. The molecule has 1 heteroatoms. The molecule has 0 N–H and O–H groups in total. The highest BCUT2D eigenvalue weighted by Crippen LogP contribution is 2.22. The predicted molar refractivity (Wildman–Crippen MR) is 91.3 cm³/mol. The van der Waals surface area contributed by atoms with Crippen LogP contribution in [0.1, 0.15) is 104 Å². The molecule has 1 fully saturated rings. The summed E-state index contributed by atoms with van der Waals surface area (Å²) in [5.41, 5.74) is 0. The summed E-state index contributed by atoms with van der Waals surface area (Å²) in [6, 6.07) is 0.924. The van der Waals surface area contributed by atoms with Crippen LogP contribution in [-0.4, -0.2) is 24.0 Å². The minimum absolute atomic E-state index is 0.924. The van der Waals surface area contributed by atoms with Gasteiger partial charge in [-0.25, -0.2) is 0 Å². The Balaban J connectivity index is 2.00. The molecule has 20 heavy (non-hydrogen) atoms. The summed E-state index contributed by atoms with van der Waals surface area (Å²) in [4.78, 5) is 2.82. The molecule has 0 aliphatic carbocycles. The van der Waals surface area contributed by atoms with Crippen LogP contribution >= 0.6 is 0 Å². The summed E-state index contributed by atoms with van der Waals surface area (Å²) in [6.45, 7) is 7.38. The van der Waals surface area contributed by atoms with E-state index in [1.54, 1.807) is 0 Å². The lowest BCUT2D eigenvalue weighted by Crippen LogP contribution is -2.40. The van der Waals surface area contributed by atoms with Crippen molar-refractivity contribution >= 4 is 0 Å². The third-order valence-electron chi connectivity index (χ3n) is 4.94. The van der Waals surface area contributed by atoms with E-state index in [0.717, 1.165) is 6.04 Å². The van der Waals surface area contributed by atoms with Crippen LogP contribution in [0.25, 0.3) is 0 Å². The summed E-state index contributed by atoms with van der Waals surface area (Å²) in [5.74, 6) is 0. The Labute approximate surface area is 128 Å². The topological polar surface area (TPSA) is 3.24 Å². The average molecular weight is 282 g/mol. The van der Waals surface area contributed by atoms with Gasteiger partial charge in [-0.1, -0.05) is 78.1 Å². The van der Waals surface area contributed by atoms with Gasteiger partial charge in [-0.15, -0.1) is 0 Å². The van der Waals surface area contributed by atoms with E-state index >= 15 is 0 Å². The first kappa shape index (κ1) is 18.0. The maximum Gasteiger partial charge on any atom is 0.00952 e. The monoisotopic (exact) mass is 281 g/mol. The van der Waals surface area contributed by atoms with Crippen molar-refractivity contribution in [2.24, 2.45) is 0 Å². The van der Waals surface area contributed by atoms with Crippen LogP contribution in [-0.2, 0) is 0 Å². The zero-order valence-electron chi connectivity index (χ0n) is 14.3. The molecule has 0 saturated carbocycles. The maximum absolute atomic E-state index is 2.82. The summed E-state index contributed by atoms with van der Waals surface area (Å²) in [7, 11) is 0. The highest BCUT2D eigenvalue weighted by molar-refractivity contribution is 4.76. The quantitative estimate of drug-likeness (QED) is 0.386. The van der Waals surface area contributed by atoms with Gasteiger partial charge in [-0.05, 0) is 38.8 Å². The first-order chi connectivity index (χ1) is 9.88. The first-order valence-electron chi connectivity index (χ1n) is 9.62. The largest absolute Gasteiger partial charge is 0.300 e. The van der Waals surface area contributed by atoms with Gasteiger partial charge in [-0.2, -0.15) is 0 Å². The molecule has 1 rings (SSSR count). The summed E-state index contributed by atoms with van der Waals surface area (Å²) in [6.07, 6.45) is 20.2. The highest BCUT2D eigenvalue weighted by Gasteiger charge is 2.20. The number of rotatable bonds is 12. The average Bonchev–Trinajstić information content (AvgIpc) is 2.49. The number of piperidine rings is 1. The van der Waals surface area contributed by atoms with Crippen molar-refractivity contribution in [1.29, 1.82) is 0 Å². The Morgan fingerprint density at radius 1 is 0.750 bits per heavy atom. The Morgan fingerprint density at radius 2 is 1.40 bits per heavy atom. The zero-order chi connectivity index (χ0) is 14.5. The summed E-state index contributed by atoms with van der Waals surface area (Å²) in [5, 5.41) is 0. The van der Waals surface area contributed by atoms with Crippen molar-refractivity contribution in [2.75, 3.05) is 13.1 Å². The van der Waals surface area contributed by atoms with E-state index in [4.69, 9.17) is 0 Å². The van der Waals surface area contributed by atoms with E-state index in [-0.39, 0.29) is 0 Å². The van der Waals surface area contributed by atoms with Crippen molar-refractivity contribution in [3.63, 3.8) is 0 Å². The molecule has 1 saturated heterocycles. The lowest BCUT2D eigenvalue weighted by atomic mass is 9.97. The van der Waals surface area contributed by atoms with Gasteiger partial charge in [-0.3, -0.25) is 0 Å². The lowest BCUT2D eigenvalue weighted by molar-refractivity contribution is 0.135. The van der Waals surface area contributed by atoms with Gasteiger partial charge in [0.15, 0.2) is 0 Å². The molecule has 1 aliphatic heterocycles. The number of hydrogen-bond acceptors (Lipinski definition) is 1. The van der Waals surface area contributed by atoms with Crippen molar-refractivity contribution in [3.8, 4) is 0 Å². The number of likely N-dealkylation sites (tertiary alicyclic amines) is 1. The normalized spacial score (nSPS) is 20.4. The molecule has 1 unspecified atom stereocenters. The molecule has 0 aromatic rings. The molecule has 1 heterocycles. The van der Waals surface area contributed by atoms with E-state index < -0.39 is 0 Å². The second-order valence-electron chi connectivity index (χ2n) is 6.80. The van der Waals surface area contributed by atoms with Gasteiger partial charge < -0.3 is 4.90 Å². The van der Waals surface area contributed by atoms with Gasteiger partial charge in [0.1, 0.15) is 0 Å². The fourth-order valence-corrected chi connectivity index (χ4v) is 3.57. The minimum atomic E-state index is 0.924. The van der Waals surface area contributed by atoms with Crippen molar-refractivity contribution < 1.29 is 0 Å². The van der Waals surface area contributed by atoms with Crippen LogP contribution in [0.3, 0.4) is 0 Å². The first-order valence-corrected chi connectivity index (χ1v) is 9.62.